The highest BCUT2D eigenvalue weighted by atomic mass is 16.5. The van der Waals surface area contributed by atoms with E-state index in [4.69, 9.17) is 4.74 Å². The fourth-order valence-electron chi connectivity index (χ4n) is 3.53. The molecular formula is C23H25N3O2. The van der Waals surface area contributed by atoms with Crippen LogP contribution in [0.2, 0.25) is 0 Å². The number of amides is 1. The van der Waals surface area contributed by atoms with Gasteiger partial charge in [-0.25, -0.2) is 0 Å². The highest BCUT2D eigenvalue weighted by Crippen LogP contribution is 2.22. The van der Waals surface area contributed by atoms with Crippen molar-refractivity contribution in [2.45, 2.75) is 19.9 Å². The summed E-state index contributed by atoms with van der Waals surface area (Å²) in [5.74, 6) is 0.127. The van der Waals surface area contributed by atoms with Crippen LogP contribution in [0.5, 0.6) is 0 Å². The highest BCUT2D eigenvalue weighted by Gasteiger charge is 2.18. The molecule has 1 aromatic heterocycles. The normalized spacial score (nSPS) is 14.8. The number of hydrogen-bond donors (Lipinski definition) is 0. The van der Waals surface area contributed by atoms with Crippen molar-refractivity contribution in [1.29, 1.82) is 0 Å². The van der Waals surface area contributed by atoms with E-state index in [1.165, 1.54) is 5.56 Å². The van der Waals surface area contributed by atoms with Gasteiger partial charge in [-0.15, -0.1) is 0 Å². The molecule has 0 aliphatic carbocycles. The maximum atomic E-state index is 12.7. The van der Waals surface area contributed by atoms with Crippen LogP contribution in [0, 0.1) is 0 Å². The van der Waals surface area contributed by atoms with E-state index in [-0.39, 0.29) is 5.91 Å². The first-order valence-electron chi connectivity index (χ1n) is 9.81. The third kappa shape index (κ3) is 3.99. The summed E-state index contributed by atoms with van der Waals surface area (Å²) in [5.41, 5.74) is 4.30. The number of hydrogen-bond acceptors (Lipinski definition) is 3. The minimum atomic E-state index is 0.127. The van der Waals surface area contributed by atoms with Crippen LogP contribution in [-0.2, 0) is 22.5 Å². The van der Waals surface area contributed by atoms with Crippen LogP contribution in [0.3, 0.4) is 0 Å². The van der Waals surface area contributed by atoms with Crippen molar-refractivity contribution in [1.82, 2.24) is 9.47 Å². The molecule has 0 unspecified atom stereocenters. The van der Waals surface area contributed by atoms with Crippen molar-refractivity contribution >= 4 is 28.7 Å². The largest absolute Gasteiger partial charge is 0.378 e. The molecule has 0 N–H and O–H groups in total. The van der Waals surface area contributed by atoms with Gasteiger partial charge in [0.15, 0.2) is 0 Å². The topological polar surface area (TPSA) is 46.8 Å². The standard InChI is InChI=1S/C23H25N3O2/c1-2-18-7-9-20(10-8-18)24-15-19-16-26(22-6-4-3-5-21(19)22)17-23(27)25-11-13-28-14-12-25/h3-10,15-16H,2,11-14,17H2,1H3. The predicted octanol–water partition coefficient (Wildman–Crippen LogP) is 3.81. The Balaban J connectivity index is 1.58. The molecule has 4 rings (SSSR count). The van der Waals surface area contributed by atoms with Crippen molar-refractivity contribution in [3.05, 3.63) is 65.9 Å². The lowest BCUT2D eigenvalue weighted by molar-refractivity contribution is -0.135. The van der Waals surface area contributed by atoms with Crippen molar-refractivity contribution in [3.63, 3.8) is 0 Å². The monoisotopic (exact) mass is 375 g/mol. The number of para-hydroxylation sites is 1. The minimum Gasteiger partial charge on any atom is -0.378 e. The van der Waals surface area contributed by atoms with E-state index < -0.39 is 0 Å². The highest BCUT2D eigenvalue weighted by molar-refractivity contribution is 6.00. The molecule has 2 heterocycles. The van der Waals surface area contributed by atoms with E-state index in [9.17, 15) is 4.79 Å². The van der Waals surface area contributed by atoms with Gasteiger partial charge in [0.2, 0.25) is 5.91 Å². The Morgan fingerprint density at radius 1 is 1.11 bits per heavy atom. The number of fused-ring (bicyclic) bond motifs is 1. The van der Waals surface area contributed by atoms with Crippen LogP contribution >= 0.6 is 0 Å². The number of carbonyl (C=O) groups excluding carboxylic acids is 1. The zero-order valence-corrected chi connectivity index (χ0v) is 16.2. The van der Waals surface area contributed by atoms with E-state index >= 15 is 0 Å². The van der Waals surface area contributed by atoms with Crippen LogP contribution in [0.25, 0.3) is 10.9 Å². The van der Waals surface area contributed by atoms with Gasteiger partial charge in [0.25, 0.3) is 0 Å². The number of benzene rings is 2. The third-order valence-electron chi connectivity index (χ3n) is 5.19. The Kier molecular flexibility index (Phi) is 5.53. The molecule has 2 aromatic carbocycles. The number of rotatable bonds is 5. The number of aromatic nitrogens is 1. The number of carbonyl (C=O) groups is 1. The second kappa shape index (κ2) is 8.40. The van der Waals surface area contributed by atoms with Crippen molar-refractivity contribution < 1.29 is 9.53 Å². The molecule has 5 heteroatoms. The molecule has 1 saturated heterocycles. The van der Waals surface area contributed by atoms with E-state index in [1.54, 1.807) is 0 Å². The first-order valence-corrected chi connectivity index (χ1v) is 9.81. The Morgan fingerprint density at radius 2 is 1.86 bits per heavy atom. The van der Waals surface area contributed by atoms with Gasteiger partial charge in [0.05, 0.1) is 18.9 Å². The van der Waals surface area contributed by atoms with Crippen molar-refractivity contribution in [2.24, 2.45) is 4.99 Å². The smallest absolute Gasteiger partial charge is 0.242 e. The second-order valence-corrected chi connectivity index (χ2v) is 7.00. The summed E-state index contributed by atoms with van der Waals surface area (Å²) in [6, 6.07) is 16.4. The van der Waals surface area contributed by atoms with Crippen LogP contribution in [-0.4, -0.2) is 47.9 Å². The van der Waals surface area contributed by atoms with Gasteiger partial charge in [-0.2, -0.15) is 0 Å². The average Bonchev–Trinajstić information content (AvgIpc) is 3.11. The molecule has 0 saturated carbocycles. The molecule has 0 radical (unpaired) electrons. The summed E-state index contributed by atoms with van der Waals surface area (Å²) < 4.78 is 7.37. The van der Waals surface area contributed by atoms with Gasteiger partial charge in [0, 0.05) is 42.0 Å². The van der Waals surface area contributed by atoms with E-state index in [2.05, 4.69) is 36.2 Å². The minimum absolute atomic E-state index is 0.127. The molecule has 5 nitrogen and oxygen atoms in total. The van der Waals surface area contributed by atoms with Crippen molar-refractivity contribution in [3.8, 4) is 0 Å². The molecule has 28 heavy (non-hydrogen) atoms. The summed E-state index contributed by atoms with van der Waals surface area (Å²) in [6.07, 6.45) is 4.93. The molecule has 0 spiro atoms. The molecule has 3 aromatic rings. The van der Waals surface area contributed by atoms with E-state index in [0.29, 0.717) is 32.8 Å². The molecule has 0 bridgehead atoms. The van der Waals surface area contributed by atoms with E-state index in [1.807, 2.05) is 46.1 Å². The molecule has 1 aliphatic heterocycles. The zero-order valence-electron chi connectivity index (χ0n) is 16.2. The zero-order chi connectivity index (χ0) is 19.3. The molecule has 1 fully saturated rings. The van der Waals surface area contributed by atoms with Crippen LogP contribution in [0.15, 0.2) is 59.7 Å². The first kappa shape index (κ1) is 18.4. The lowest BCUT2D eigenvalue weighted by Gasteiger charge is -2.27. The van der Waals surface area contributed by atoms with Crippen LogP contribution in [0.4, 0.5) is 5.69 Å². The van der Waals surface area contributed by atoms with Gasteiger partial charge in [-0.3, -0.25) is 9.79 Å². The fraction of sp³-hybridized carbons (Fsp3) is 0.304. The van der Waals surface area contributed by atoms with Gasteiger partial charge >= 0.3 is 0 Å². The summed E-state index contributed by atoms with van der Waals surface area (Å²) in [7, 11) is 0. The quantitative estimate of drug-likeness (QED) is 0.637. The predicted molar refractivity (Wildman–Crippen MR) is 112 cm³/mol. The number of aryl methyl sites for hydroxylation is 1. The molecular weight excluding hydrogens is 350 g/mol. The lowest BCUT2D eigenvalue weighted by atomic mass is 10.1. The van der Waals surface area contributed by atoms with Gasteiger partial charge in [-0.05, 0) is 30.2 Å². The van der Waals surface area contributed by atoms with Crippen LogP contribution in [0.1, 0.15) is 18.1 Å². The second-order valence-electron chi connectivity index (χ2n) is 7.00. The van der Waals surface area contributed by atoms with E-state index in [0.717, 1.165) is 28.6 Å². The van der Waals surface area contributed by atoms with Crippen LogP contribution < -0.4 is 0 Å². The molecule has 144 valence electrons. The SMILES string of the molecule is CCc1ccc(N=Cc2cn(CC(=O)N3CCOCC3)c3ccccc23)cc1. The average molecular weight is 375 g/mol. The van der Waals surface area contributed by atoms with Gasteiger partial charge in [-0.1, -0.05) is 37.3 Å². The first-order chi connectivity index (χ1) is 13.7. The summed E-state index contributed by atoms with van der Waals surface area (Å²) >= 11 is 0. The maximum absolute atomic E-state index is 12.7. The number of aliphatic imine (C=N–C) groups is 1. The lowest BCUT2D eigenvalue weighted by Crippen LogP contribution is -2.42. The Morgan fingerprint density at radius 3 is 2.61 bits per heavy atom. The molecule has 1 aliphatic rings. The summed E-state index contributed by atoms with van der Waals surface area (Å²) in [5, 5.41) is 1.10. The third-order valence-corrected chi connectivity index (χ3v) is 5.19. The molecule has 0 atom stereocenters. The molecule has 1 amide bonds. The number of morpholine rings is 1. The summed E-state index contributed by atoms with van der Waals surface area (Å²) in [6.45, 7) is 5.05. The Hall–Kier alpha value is -2.92. The number of ether oxygens (including phenoxy) is 1. The Labute approximate surface area is 165 Å². The Bertz CT molecular complexity index is 983. The maximum Gasteiger partial charge on any atom is 0.242 e. The number of nitrogens with zero attached hydrogens (tertiary/aromatic N) is 3. The van der Waals surface area contributed by atoms with Crippen molar-refractivity contribution in [2.75, 3.05) is 26.3 Å². The summed E-state index contributed by atoms with van der Waals surface area (Å²) in [4.78, 5) is 19.2. The van der Waals surface area contributed by atoms with Gasteiger partial charge in [0.1, 0.15) is 6.54 Å². The van der Waals surface area contributed by atoms with Gasteiger partial charge < -0.3 is 14.2 Å². The fourth-order valence-corrected chi connectivity index (χ4v) is 3.53.